The number of amides is 1. The molecule has 0 fully saturated rings. The predicted octanol–water partition coefficient (Wildman–Crippen LogP) is 1.31. The molecular formula is C12H10IN3O3S. The molecule has 0 radical (unpaired) electrons. The van der Waals surface area contributed by atoms with Crippen LogP contribution in [0.3, 0.4) is 0 Å². The molecule has 0 aliphatic rings. The number of aromatic nitrogens is 1. The van der Waals surface area contributed by atoms with Gasteiger partial charge < -0.3 is 0 Å². The van der Waals surface area contributed by atoms with E-state index in [9.17, 15) is 13.2 Å². The Kier molecular flexibility index (Phi) is 4.68. The summed E-state index contributed by atoms with van der Waals surface area (Å²) in [5, 5.41) is 0. The average Bonchev–Trinajstić information content (AvgIpc) is 2.46. The van der Waals surface area contributed by atoms with Crippen molar-refractivity contribution in [2.75, 3.05) is 0 Å². The number of carbonyl (C=O) groups is 1. The Morgan fingerprint density at radius 3 is 2.25 bits per heavy atom. The summed E-state index contributed by atoms with van der Waals surface area (Å²) in [6.45, 7) is 0. The van der Waals surface area contributed by atoms with Crippen LogP contribution in [0.25, 0.3) is 0 Å². The van der Waals surface area contributed by atoms with E-state index in [1.54, 1.807) is 12.1 Å². The quantitative estimate of drug-likeness (QED) is 0.596. The van der Waals surface area contributed by atoms with E-state index in [4.69, 9.17) is 0 Å². The number of sulfonamides is 1. The number of halogens is 1. The SMILES string of the molecule is O=C(NNS(=O)(=O)c1ccc(I)cc1)c1ccncc1. The molecule has 0 spiro atoms. The molecule has 2 aromatic rings. The lowest BCUT2D eigenvalue weighted by atomic mass is 10.3. The molecule has 6 nitrogen and oxygen atoms in total. The molecule has 1 aromatic heterocycles. The van der Waals surface area contributed by atoms with Gasteiger partial charge in [-0.3, -0.25) is 15.2 Å². The lowest BCUT2D eigenvalue weighted by Gasteiger charge is -2.08. The van der Waals surface area contributed by atoms with E-state index in [0.29, 0.717) is 5.56 Å². The number of hydrogen-bond donors (Lipinski definition) is 2. The number of pyridine rings is 1. The molecule has 0 saturated carbocycles. The van der Waals surface area contributed by atoms with Crippen LogP contribution in [-0.2, 0) is 10.0 Å². The molecule has 0 bridgehead atoms. The Balaban J connectivity index is 2.06. The maximum Gasteiger partial charge on any atom is 0.266 e. The summed E-state index contributed by atoms with van der Waals surface area (Å²) in [7, 11) is -3.78. The monoisotopic (exact) mass is 403 g/mol. The molecule has 2 N–H and O–H groups in total. The second-order valence-corrected chi connectivity index (χ2v) is 6.68. The van der Waals surface area contributed by atoms with E-state index in [1.165, 1.54) is 36.7 Å². The lowest BCUT2D eigenvalue weighted by Crippen LogP contribution is -2.41. The first-order valence-electron chi connectivity index (χ1n) is 5.47. The van der Waals surface area contributed by atoms with Crippen molar-refractivity contribution in [1.29, 1.82) is 0 Å². The first-order chi connectivity index (χ1) is 9.49. The van der Waals surface area contributed by atoms with Crippen molar-refractivity contribution < 1.29 is 13.2 Å². The van der Waals surface area contributed by atoms with Crippen molar-refractivity contribution >= 4 is 38.5 Å². The van der Waals surface area contributed by atoms with Gasteiger partial charge >= 0.3 is 0 Å². The van der Waals surface area contributed by atoms with Crippen molar-refractivity contribution in [3.8, 4) is 0 Å². The Labute approximate surface area is 129 Å². The Morgan fingerprint density at radius 1 is 1.05 bits per heavy atom. The highest BCUT2D eigenvalue weighted by Gasteiger charge is 2.15. The molecular weight excluding hydrogens is 393 g/mol. The maximum absolute atomic E-state index is 11.9. The van der Waals surface area contributed by atoms with E-state index in [2.05, 4.69) is 33.0 Å². The number of carbonyl (C=O) groups excluding carboxylic acids is 1. The Morgan fingerprint density at radius 2 is 1.65 bits per heavy atom. The Bertz CT molecular complexity index is 702. The highest BCUT2D eigenvalue weighted by molar-refractivity contribution is 14.1. The van der Waals surface area contributed by atoms with Crippen LogP contribution in [0.5, 0.6) is 0 Å². The van der Waals surface area contributed by atoms with Crippen LogP contribution in [0.15, 0.2) is 53.7 Å². The number of hydrazine groups is 1. The van der Waals surface area contributed by atoms with Crippen molar-refractivity contribution in [2.45, 2.75) is 4.90 Å². The summed E-state index contributed by atoms with van der Waals surface area (Å²) < 4.78 is 24.8. The minimum absolute atomic E-state index is 0.0768. The molecule has 0 saturated heterocycles. The molecule has 0 atom stereocenters. The van der Waals surface area contributed by atoms with Crippen molar-refractivity contribution in [1.82, 2.24) is 15.2 Å². The van der Waals surface area contributed by atoms with E-state index in [0.717, 1.165) is 3.57 Å². The first kappa shape index (κ1) is 14.9. The zero-order valence-electron chi connectivity index (χ0n) is 10.1. The van der Waals surface area contributed by atoms with Gasteiger partial charge in [-0.1, -0.05) is 0 Å². The molecule has 0 aliphatic carbocycles. The van der Waals surface area contributed by atoms with E-state index in [-0.39, 0.29) is 4.90 Å². The largest absolute Gasteiger partial charge is 0.273 e. The zero-order chi connectivity index (χ0) is 14.6. The van der Waals surface area contributed by atoms with Crippen molar-refractivity contribution in [2.24, 2.45) is 0 Å². The number of rotatable bonds is 4. The van der Waals surface area contributed by atoms with E-state index < -0.39 is 15.9 Å². The topological polar surface area (TPSA) is 88.2 Å². The summed E-state index contributed by atoms with van der Waals surface area (Å²) in [6, 6.07) is 9.22. The van der Waals surface area contributed by atoms with Crippen LogP contribution in [0, 0.1) is 3.57 Å². The van der Waals surface area contributed by atoms with Crippen LogP contribution >= 0.6 is 22.6 Å². The fourth-order valence-corrected chi connectivity index (χ4v) is 2.56. The second kappa shape index (κ2) is 6.29. The minimum atomic E-state index is -3.78. The summed E-state index contributed by atoms with van der Waals surface area (Å²) in [6.07, 6.45) is 2.89. The van der Waals surface area contributed by atoms with Crippen LogP contribution in [0.1, 0.15) is 10.4 Å². The number of hydrogen-bond acceptors (Lipinski definition) is 4. The first-order valence-corrected chi connectivity index (χ1v) is 8.03. The maximum atomic E-state index is 11.9. The van der Waals surface area contributed by atoms with Gasteiger partial charge in [0, 0.05) is 21.5 Å². The summed E-state index contributed by atoms with van der Waals surface area (Å²) in [5.74, 6) is -0.554. The minimum Gasteiger partial charge on any atom is -0.273 e. The van der Waals surface area contributed by atoms with Crippen LogP contribution in [0.4, 0.5) is 0 Å². The number of benzene rings is 1. The smallest absolute Gasteiger partial charge is 0.266 e. The number of nitrogens with one attached hydrogen (secondary N) is 2. The molecule has 1 heterocycles. The fraction of sp³-hybridized carbons (Fsp3) is 0. The van der Waals surface area contributed by atoms with Gasteiger partial charge in [-0.25, -0.2) is 8.42 Å². The molecule has 1 amide bonds. The third-order valence-corrected chi connectivity index (χ3v) is 4.35. The fourth-order valence-electron chi connectivity index (χ4n) is 1.36. The molecule has 20 heavy (non-hydrogen) atoms. The summed E-state index contributed by atoms with van der Waals surface area (Å²) in [4.78, 5) is 17.6. The zero-order valence-corrected chi connectivity index (χ0v) is 13.1. The predicted molar refractivity (Wildman–Crippen MR) is 81.2 cm³/mol. The van der Waals surface area contributed by atoms with Gasteiger partial charge in [0.25, 0.3) is 15.9 Å². The van der Waals surface area contributed by atoms with Gasteiger partial charge in [0.15, 0.2) is 0 Å². The van der Waals surface area contributed by atoms with E-state index >= 15 is 0 Å². The van der Waals surface area contributed by atoms with Crippen molar-refractivity contribution in [3.05, 3.63) is 57.9 Å². The highest BCUT2D eigenvalue weighted by Crippen LogP contribution is 2.11. The van der Waals surface area contributed by atoms with Crippen LogP contribution in [0.2, 0.25) is 0 Å². The normalized spacial score (nSPS) is 11.1. The molecule has 2 rings (SSSR count). The lowest BCUT2D eigenvalue weighted by molar-refractivity contribution is 0.0945. The highest BCUT2D eigenvalue weighted by atomic mass is 127. The Hall–Kier alpha value is -1.52. The van der Waals surface area contributed by atoms with Gasteiger partial charge in [0.1, 0.15) is 0 Å². The molecule has 8 heteroatoms. The van der Waals surface area contributed by atoms with E-state index in [1.807, 2.05) is 4.83 Å². The average molecular weight is 403 g/mol. The third kappa shape index (κ3) is 3.74. The molecule has 1 aromatic carbocycles. The van der Waals surface area contributed by atoms with Gasteiger partial charge in [0.05, 0.1) is 4.90 Å². The summed E-state index contributed by atoms with van der Waals surface area (Å²) in [5.41, 5.74) is 2.46. The molecule has 0 unspecified atom stereocenters. The van der Waals surface area contributed by atoms with Gasteiger partial charge in [0.2, 0.25) is 0 Å². The summed E-state index contributed by atoms with van der Waals surface area (Å²) >= 11 is 2.07. The third-order valence-electron chi connectivity index (χ3n) is 2.37. The van der Waals surface area contributed by atoms with Gasteiger partial charge in [-0.05, 0) is 59.0 Å². The van der Waals surface area contributed by atoms with Crippen LogP contribution < -0.4 is 10.3 Å². The standard InChI is InChI=1S/C12H10IN3O3S/c13-10-1-3-11(4-2-10)20(18,19)16-15-12(17)9-5-7-14-8-6-9/h1-8,16H,(H,15,17). The molecule has 104 valence electrons. The number of nitrogens with zero attached hydrogens (tertiary/aromatic N) is 1. The van der Waals surface area contributed by atoms with Crippen molar-refractivity contribution in [3.63, 3.8) is 0 Å². The van der Waals surface area contributed by atoms with Gasteiger partial charge in [-0.2, -0.15) is 0 Å². The molecule has 0 aliphatic heterocycles. The van der Waals surface area contributed by atoms with Gasteiger partial charge in [-0.15, -0.1) is 4.83 Å². The second-order valence-electron chi connectivity index (χ2n) is 3.75. The van der Waals surface area contributed by atoms with Crippen LogP contribution in [-0.4, -0.2) is 19.3 Å².